The molecule has 102 valence electrons. The van der Waals surface area contributed by atoms with Crippen LogP contribution in [0.15, 0.2) is 70.5 Å². The van der Waals surface area contributed by atoms with Gasteiger partial charge in [-0.25, -0.2) is 0 Å². The minimum atomic E-state index is -1.74. The van der Waals surface area contributed by atoms with E-state index in [0.29, 0.717) is 5.75 Å². The van der Waals surface area contributed by atoms with Crippen molar-refractivity contribution in [2.24, 2.45) is 0 Å². The highest BCUT2D eigenvalue weighted by molar-refractivity contribution is 9.23. The van der Waals surface area contributed by atoms with Gasteiger partial charge >= 0.3 is 0 Å². The fraction of sp³-hybridized carbons (Fsp3) is 0.0667. The van der Waals surface area contributed by atoms with Gasteiger partial charge in [0.1, 0.15) is 3.64 Å². The lowest BCUT2D eigenvalue weighted by molar-refractivity contribution is 1.48. The molecule has 2 aromatic carbocycles. The van der Waals surface area contributed by atoms with Crippen molar-refractivity contribution in [3.8, 4) is 12.3 Å². The van der Waals surface area contributed by atoms with E-state index in [1.807, 2.05) is 36.4 Å². The number of hydrogen-bond donors (Lipinski definition) is 0. The van der Waals surface area contributed by atoms with E-state index in [-0.39, 0.29) is 0 Å². The zero-order valence-corrected chi connectivity index (χ0v) is 14.8. The highest BCUT2D eigenvalue weighted by atomic mass is 33.5. The van der Waals surface area contributed by atoms with Crippen LogP contribution in [-0.2, 0) is 11.8 Å². The van der Waals surface area contributed by atoms with Crippen LogP contribution in [-0.4, -0.2) is 5.75 Å². The second-order valence-electron chi connectivity index (χ2n) is 3.73. The normalized spacial score (nSPS) is 10.9. The number of terminal acetylenes is 1. The first kappa shape index (κ1) is 16.1. The molecular weight excluding hydrogens is 339 g/mol. The highest BCUT2D eigenvalue weighted by Gasteiger charge is 2.21. The minimum Gasteiger partial charge on any atom is -0.119 e. The molecule has 0 spiro atoms. The number of hydrogen-bond acceptors (Lipinski definition) is 4. The maximum Gasteiger partial charge on any atom is 0.119 e. The van der Waals surface area contributed by atoms with Crippen molar-refractivity contribution in [3.05, 3.63) is 60.7 Å². The Labute approximate surface area is 137 Å². The van der Waals surface area contributed by atoms with Crippen LogP contribution in [0.25, 0.3) is 0 Å². The molecule has 0 saturated carbocycles. The molecule has 0 amide bonds. The van der Waals surface area contributed by atoms with Gasteiger partial charge < -0.3 is 0 Å². The van der Waals surface area contributed by atoms with Crippen molar-refractivity contribution >= 4 is 49.6 Å². The zero-order chi connectivity index (χ0) is 14.3. The van der Waals surface area contributed by atoms with Crippen molar-refractivity contribution in [3.63, 3.8) is 0 Å². The third-order valence-corrected chi connectivity index (χ3v) is 15.1. The van der Waals surface area contributed by atoms with Gasteiger partial charge in [-0.05, 0) is 24.3 Å². The summed E-state index contributed by atoms with van der Waals surface area (Å²) in [6.45, 7) is 0. The van der Waals surface area contributed by atoms with Crippen molar-refractivity contribution in [1.82, 2.24) is 0 Å². The first-order valence-electron chi connectivity index (χ1n) is 5.89. The van der Waals surface area contributed by atoms with Crippen LogP contribution in [0, 0.1) is 12.3 Å². The Balaban J connectivity index is 2.17. The van der Waals surface area contributed by atoms with Gasteiger partial charge in [-0.1, -0.05) is 88.3 Å². The molecule has 2 aromatic rings. The van der Waals surface area contributed by atoms with E-state index < -0.39 is 3.64 Å². The molecule has 2 rings (SSSR count). The second-order valence-corrected chi connectivity index (χ2v) is 19.1. The molecule has 0 aliphatic rings. The van der Waals surface area contributed by atoms with Crippen LogP contribution in [0.3, 0.4) is 0 Å². The van der Waals surface area contributed by atoms with Crippen LogP contribution < -0.4 is 0 Å². The largest absolute Gasteiger partial charge is 0.119 e. The molecular formula is C15H13PS4. The summed E-state index contributed by atoms with van der Waals surface area (Å²) in [6.07, 6.45) is 5.40. The van der Waals surface area contributed by atoms with Crippen LogP contribution >= 0.6 is 37.8 Å². The van der Waals surface area contributed by atoms with E-state index in [4.69, 9.17) is 18.2 Å². The minimum absolute atomic E-state index is 0.664. The summed E-state index contributed by atoms with van der Waals surface area (Å²) in [7, 11) is 0. The average molecular weight is 353 g/mol. The van der Waals surface area contributed by atoms with Crippen molar-refractivity contribution < 1.29 is 0 Å². The van der Waals surface area contributed by atoms with Crippen LogP contribution in [0.4, 0.5) is 0 Å². The first-order chi connectivity index (χ1) is 9.72. The number of rotatable bonds is 6. The summed E-state index contributed by atoms with van der Waals surface area (Å²) in [6, 6.07) is 20.6. The van der Waals surface area contributed by atoms with Gasteiger partial charge in [0, 0.05) is 9.79 Å². The predicted molar refractivity (Wildman–Crippen MR) is 100 cm³/mol. The molecule has 5 heteroatoms. The van der Waals surface area contributed by atoms with Gasteiger partial charge in [-0.15, -0.1) is 6.42 Å². The van der Waals surface area contributed by atoms with E-state index in [0.717, 1.165) is 0 Å². The average Bonchev–Trinajstić information content (AvgIpc) is 2.47. The lowest BCUT2D eigenvalue weighted by Gasteiger charge is -2.19. The third kappa shape index (κ3) is 5.24. The second kappa shape index (κ2) is 8.22. The Hall–Kier alpha value is -0.300. The van der Waals surface area contributed by atoms with Gasteiger partial charge in [0.05, 0.1) is 5.75 Å². The lowest BCUT2D eigenvalue weighted by atomic mass is 10.4. The molecule has 0 saturated heterocycles. The molecule has 0 fully saturated rings. The molecule has 0 heterocycles. The Morgan fingerprint density at radius 2 is 1.35 bits per heavy atom. The maximum atomic E-state index is 5.94. The summed E-state index contributed by atoms with van der Waals surface area (Å²) in [5.74, 6) is 3.36. The molecule has 0 nitrogen and oxygen atoms in total. The summed E-state index contributed by atoms with van der Waals surface area (Å²) >= 11 is 11.2. The van der Waals surface area contributed by atoms with Gasteiger partial charge in [0.2, 0.25) is 0 Å². The lowest BCUT2D eigenvalue weighted by Crippen LogP contribution is -1.74. The number of benzene rings is 2. The van der Waals surface area contributed by atoms with Gasteiger partial charge in [-0.2, -0.15) is 0 Å². The van der Waals surface area contributed by atoms with Crippen LogP contribution in [0.1, 0.15) is 0 Å². The molecule has 0 aliphatic heterocycles. The highest BCUT2D eigenvalue weighted by Crippen LogP contribution is 2.81. The molecule has 0 unspecified atom stereocenters. The topological polar surface area (TPSA) is 0 Å². The van der Waals surface area contributed by atoms with E-state index in [9.17, 15) is 0 Å². The Morgan fingerprint density at radius 1 is 0.900 bits per heavy atom. The SMILES string of the molecule is C#CCSP(=S)(Sc1ccccc1)Sc1ccccc1. The fourth-order valence-corrected chi connectivity index (χ4v) is 13.6. The molecule has 20 heavy (non-hydrogen) atoms. The third-order valence-electron chi connectivity index (χ3n) is 2.23. The van der Waals surface area contributed by atoms with Crippen LogP contribution in [0.5, 0.6) is 0 Å². The molecule has 0 N–H and O–H groups in total. The van der Waals surface area contributed by atoms with Crippen LogP contribution in [0.2, 0.25) is 0 Å². The Morgan fingerprint density at radius 3 is 1.75 bits per heavy atom. The van der Waals surface area contributed by atoms with Gasteiger partial charge in [0.15, 0.2) is 0 Å². The van der Waals surface area contributed by atoms with Gasteiger partial charge in [0.25, 0.3) is 0 Å². The summed E-state index contributed by atoms with van der Waals surface area (Å²) in [5.41, 5.74) is 0. The smallest absolute Gasteiger partial charge is 0.119 e. The quantitative estimate of drug-likeness (QED) is 0.451. The van der Waals surface area contributed by atoms with Crippen molar-refractivity contribution in [1.29, 1.82) is 0 Å². The Bertz CT molecular complexity index is 574. The monoisotopic (exact) mass is 352 g/mol. The predicted octanol–water partition coefficient (Wildman–Crippen LogP) is 6.16. The first-order valence-corrected chi connectivity index (χ1v) is 13.1. The van der Waals surface area contributed by atoms with E-state index in [1.165, 1.54) is 9.79 Å². The molecule has 0 aromatic heterocycles. The van der Waals surface area contributed by atoms with E-state index >= 15 is 0 Å². The molecule has 0 radical (unpaired) electrons. The molecule has 0 atom stereocenters. The summed E-state index contributed by atoms with van der Waals surface area (Å²) in [5, 5.41) is 0. The fourth-order valence-electron chi connectivity index (χ4n) is 1.41. The van der Waals surface area contributed by atoms with Crippen molar-refractivity contribution in [2.45, 2.75) is 9.79 Å². The standard InChI is InChI=1S/C15H13PS4/c1-2-13-18-16(17,19-14-9-5-3-6-10-14)20-15-11-7-4-8-12-15/h1,3-12H,13H2. The van der Waals surface area contributed by atoms with E-state index in [1.54, 1.807) is 34.1 Å². The molecule has 0 bridgehead atoms. The van der Waals surface area contributed by atoms with Crippen molar-refractivity contribution in [2.75, 3.05) is 5.75 Å². The van der Waals surface area contributed by atoms with Gasteiger partial charge in [-0.3, -0.25) is 0 Å². The Kier molecular flexibility index (Phi) is 6.61. The summed E-state index contributed by atoms with van der Waals surface area (Å²) < 4.78 is -1.74. The summed E-state index contributed by atoms with van der Waals surface area (Å²) in [4.78, 5) is 2.42. The van der Waals surface area contributed by atoms with E-state index in [2.05, 4.69) is 30.2 Å². The molecule has 0 aliphatic carbocycles. The maximum absolute atomic E-state index is 5.94. The zero-order valence-electron chi connectivity index (χ0n) is 10.6.